The number of quaternary nitrogens is 1. The van der Waals surface area contributed by atoms with Crippen LogP contribution in [-0.2, 0) is 32.7 Å². The summed E-state index contributed by atoms with van der Waals surface area (Å²) in [6.07, 6.45) is 22.6. The third-order valence-electron chi connectivity index (χ3n) is 5.20. The maximum Gasteiger partial charge on any atom is 0.472 e. The van der Waals surface area contributed by atoms with Gasteiger partial charge in [0.1, 0.15) is 19.8 Å². The van der Waals surface area contributed by atoms with Gasteiger partial charge in [0.2, 0.25) is 0 Å². The Labute approximate surface area is 246 Å². The van der Waals surface area contributed by atoms with Crippen molar-refractivity contribution in [1.82, 2.24) is 0 Å². The number of phosphoric ester groups is 1. The number of aliphatic hydroxyl groups excluding tert-OH is 1. The zero-order chi connectivity index (χ0) is 31.0. The van der Waals surface area contributed by atoms with Crippen LogP contribution in [0.25, 0.3) is 0 Å². The van der Waals surface area contributed by atoms with Gasteiger partial charge >= 0.3 is 19.8 Å². The minimum Gasteiger partial charge on any atom is -0.462 e. The summed E-state index contributed by atoms with van der Waals surface area (Å²) >= 11 is 0. The van der Waals surface area contributed by atoms with Crippen molar-refractivity contribution in [2.24, 2.45) is 0 Å². The van der Waals surface area contributed by atoms with Crippen molar-refractivity contribution >= 4 is 19.8 Å². The lowest BCUT2D eigenvalue weighted by Crippen LogP contribution is -2.37. The van der Waals surface area contributed by atoms with E-state index < -0.39 is 38.6 Å². The summed E-state index contributed by atoms with van der Waals surface area (Å²) < 4.78 is 32.7. The van der Waals surface area contributed by atoms with E-state index in [2.05, 4.69) is 19.1 Å². The highest BCUT2D eigenvalue weighted by Gasteiger charge is 2.26. The molecule has 0 aliphatic rings. The molecular weight excluding hydrogens is 549 g/mol. The van der Waals surface area contributed by atoms with Gasteiger partial charge in [0.05, 0.1) is 33.9 Å². The average Bonchev–Trinajstić information content (AvgIpc) is 2.87. The fourth-order valence-electron chi connectivity index (χ4n) is 2.97. The standard InChI is InChI=1S/C30H50NO9P/c1-6-7-8-9-14-17-20-28(33)21-18-15-12-10-11-13-16-19-22-30(34)40-29(25-37-27(2)32)26-39-41(35,36)38-24-23-31(3,4)5/h7-8,11-15,17-18,21,28-29,33H,6,9-10,16,19-20,22-26H2,1-5H3/p+1/b8-7-,13-11-,15-12-,17-14-,21-18+/t28?,29-/m1/s1. The molecular formula is C30H51NO9P+. The molecule has 41 heavy (non-hydrogen) atoms. The van der Waals surface area contributed by atoms with Crippen LogP contribution >= 0.6 is 7.82 Å². The van der Waals surface area contributed by atoms with E-state index in [4.69, 9.17) is 18.5 Å². The summed E-state index contributed by atoms with van der Waals surface area (Å²) in [6, 6.07) is 0. The number of allylic oxidation sites excluding steroid dienone is 8. The summed E-state index contributed by atoms with van der Waals surface area (Å²) in [7, 11) is 1.38. The Morgan fingerprint density at radius 2 is 1.61 bits per heavy atom. The molecule has 0 spiro atoms. The number of hydrogen-bond acceptors (Lipinski definition) is 8. The lowest BCUT2D eigenvalue weighted by atomic mass is 10.2. The zero-order valence-corrected chi connectivity index (χ0v) is 26.2. The lowest BCUT2D eigenvalue weighted by molar-refractivity contribution is -0.870. The third-order valence-corrected chi connectivity index (χ3v) is 6.18. The van der Waals surface area contributed by atoms with Crippen molar-refractivity contribution < 1.29 is 47.2 Å². The highest BCUT2D eigenvalue weighted by molar-refractivity contribution is 7.47. The molecule has 11 heteroatoms. The van der Waals surface area contributed by atoms with Crippen LogP contribution in [0.1, 0.15) is 58.8 Å². The highest BCUT2D eigenvalue weighted by Crippen LogP contribution is 2.43. The number of ether oxygens (including phenoxy) is 2. The van der Waals surface area contributed by atoms with Crippen molar-refractivity contribution in [3.05, 3.63) is 60.8 Å². The first-order valence-electron chi connectivity index (χ1n) is 14.1. The van der Waals surface area contributed by atoms with Crippen molar-refractivity contribution in [2.45, 2.75) is 71.0 Å². The Balaban J connectivity index is 4.32. The molecule has 234 valence electrons. The van der Waals surface area contributed by atoms with E-state index >= 15 is 0 Å². The van der Waals surface area contributed by atoms with Gasteiger partial charge in [-0.05, 0) is 38.5 Å². The molecule has 3 atom stereocenters. The molecule has 0 heterocycles. The summed E-state index contributed by atoms with van der Waals surface area (Å²) in [4.78, 5) is 33.3. The Morgan fingerprint density at radius 3 is 2.29 bits per heavy atom. The number of aliphatic hydroxyl groups is 1. The van der Waals surface area contributed by atoms with Crippen molar-refractivity contribution in [3.8, 4) is 0 Å². The maximum absolute atomic E-state index is 12.2. The molecule has 0 fully saturated rings. The van der Waals surface area contributed by atoms with E-state index in [1.54, 1.807) is 6.08 Å². The molecule has 0 aromatic carbocycles. The second-order valence-corrected chi connectivity index (χ2v) is 11.8. The summed E-state index contributed by atoms with van der Waals surface area (Å²) in [5.74, 6) is -1.11. The van der Waals surface area contributed by atoms with Crippen molar-refractivity contribution in [3.63, 3.8) is 0 Å². The van der Waals surface area contributed by atoms with Crippen molar-refractivity contribution in [1.29, 1.82) is 0 Å². The molecule has 10 nitrogen and oxygen atoms in total. The number of rotatable bonds is 23. The first-order chi connectivity index (χ1) is 19.3. The summed E-state index contributed by atoms with van der Waals surface area (Å²) in [5.41, 5.74) is 0. The Bertz CT molecular complexity index is 919. The maximum atomic E-state index is 12.2. The summed E-state index contributed by atoms with van der Waals surface area (Å²) in [5, 5.41) is 9.93. The number of likely N-dealkylation sites (N-methyl/N-ethyl adjacent to an activating group) is 1. The predicted molar refractivity (Wildman–Crippen MR) is 161 cm³/mol. The van der Waals surface area contributed by atoms with E-state index in [1.165, 1.54) is 6.92 Å². The van der Waals surface area contributed by atoms with Crippen LogP contribution in [-0.4, -0.2) is 86.1 Å². The molecule has 0 aromatic rings. The minimum absolute atomic E-state index is 0.00422. The van der Waals surface area contributed by atoms with Crippen LogP contribution in [0, 0.1) is 0 Å². The number of esters is 2. The highest BCUT2D eigenvalue weighted by atomic mass is 31.2. The van der Waals surface area contributed by atoms with Crippen LogP contribution < -0.4 is 0 Å². The first kappa shape index (κ1) is 38.7. The molecule has 0 rings (SSSR count). The Hall–Kier alpha value is -2.33. The molecule has 0 aliphatic heterocycles. The van der Waals surface area contributed by atoms with Gasteiger partial charge in [-0.3, -0.25) is 18.6 Å². The molecule has 2 unspecified atom stereocenters. The number of carbonyl (C=O) groups excluding carboxylic acids is 2. The fraction of sp³-hybridized carbons (Fsp3) is 0.600. The quantitative estimate of drug-likeness (QED) is 0.0406. The van der Waals surface area contributed by atoms with E-state index in [1.807, 2.05) is 63.7 Å². The van der Waals surface area contributed by atoms with Gasteiger partial charge in [-0.1, -0.05) is 67.7 Å². The first-order valence-corrected chi connectivity index (χ1v) is 15.6. The largest absolute Gasteiger partial charge is 0.472 e. The minimum atomic E-state index is -4.36. The molecule has 0 amide bonds. The van der Waals surface area contributed by atoms with Crippen LogP contribution in [0.3, 0.4) is 0 Å². The number of hydrogen-bond donors (Lipinski definition) is 2. The van der Waals surface area contributed by atoms with Gasteiger partial charge in [-0.2, -0.15) is 0 Å². The van der Waals surface area contributed by atoms with Gasteiger partial charge in [-0.15, -0.1) is 0 Å². The number of nitrogens with zero attached hydrogens (tertiary/aromatic N) is 1. The molecule has 0 saturated heterocycles. The number of unbranched alkanes of at least 4 members (excludes halogenated alkanes) is 1. The second-order valence-electron chi connectivity index (χ2n) is 10.3. The van der Waals surface area contributed by atoms with Crippen LogP contribution in [0.2, 0.25) is 0 Å². The normalized spacial score (nSPS) is 15.8. The summed E-state index contributed by atoms with van der Waals surface area (Å²) in [6.45, 7) is 3.04. The third kappa shape index (κ3) is 27.6. The average molecular weight is 601 g/mol. The Kier molecular flexibility index (Phi) is 21.9. The monoisotopic (exact) mass is 600 g/mol. The fourth-order valence-corrected chi connectivity index (χ4v) is 3.72. The molecule has 0 aromatic heterocycles. The van der Waals surface area contributed by atoms with E-state index in [0.717, 1.165) is 12.8 Å². The SMILES string of the molecule is CC/C=C\C/C=C\CC(O)/C=C/C=C\C/C=C\CCCC(=O)O[C@H](COC(C)=O)COP(=O)(O)OCC[N+](C)(C)C. The molecule has 0 aliphatic carbocycles. The van der Waals surface area contributed by atoms with E-state index in [9.17, 15) is 24.2 Å². The number of carbonyl (C=O) groups is 2. The van der Waals surface area contributed by atoms with Gasteiger partial charge < -0.3 is 24.0 Å². The van der Waals surface area contributed by atoms with Gasteiger partial charge in [-0.25, -0.2) is 4.57 Å². The van der Waals surface area contributed by atoms with Crippen LogP contribution in [0.15, 0.2) is 60.8 Å². The Morgan fingerprint density at radius 1 is 0.927 bits per heavy atom. The van der Waals surface area contributed by atoms with Gasteiger partial charge in [0, 0.05) is 13.3 Å². The lowest BCUT2D eigenvalue weighted by Gasteiger charge is -2.24. The molecule has 2 N–H and O–H groups in total. The molecule has 0 radical (unpaired) electrons. The van der Waals surface area contributed by atoms with E-state index in [-0.39, 0.29) is 19.6 Å². The van der Waals surface area contributed by atoms with Crippen LogP contribution in [0.4, 0.5) is 0 Å². The smallest absolute Gasteiger partial charge is 0.462 e. The van der Waals surface area contributed by atoms with Crippen LogP contribution in [0.5, 0.6) is 0 Å². The number of phosphoric acid groups is 1. The topological polar surface area (TPSA) is 129 Å². The molecule has 0 bridgehead atoms. The second kappa shape index (κ2) is 23.3. The van der Waals surface area contributed by atoms with Crippen molar-refractivity contribution in [2.75, 3.05) is 47.5 Å². The molecule has 0 saturated carbocycles. The zero-order valence-electron chi connectivity index (χ0n) is 25.4. The van der Waals surface area contributed by atoms with Gasteiger partial charge in [0.15, 0.2) is 6.10 Å². The van der Waals surface area contributed by atoms with Gasteiger partial charge in [0.25, 0.3) is 0 Å². The predicted octanol–water partition coefficient (Wildman–Crippen LogP) is 5.19. The van der Waals surface area contributed by atoms with E-state index in [0.29, 0.717) is 36.7 Å².